The highest BCUT2D eigenvalue weighted by atomic mass is 32.2. The smallest absolute Gasteiger partial charge is 0.286 e. The van der Waals surface area contributed by atoms with Crippen molar-refractivity contribution < 1.29 is 19.1 Å². The predicted molar refractivity (Wildman–Crippen MR) is 92.1 cm³/mol. The average Bonchev–Trinajstić information content (AvgIpc) is 2.87. The lowest BCUT2D eigenvalue weighted by molar-refractivity contribution is -0.121. The van der Waals surface area contributed by atoms with Crippen molar-refractivity contribution in [1.29, 1.82) is 0 Å². The van der Waals surface area contributed by atoms with E-state index in [-0.39, 0.29) is 22.5 Å². The van der Waals surface area contributed by atoms with E-state index in [1.165, 1.54) is 0 Å². The maximum Gasteiger partial charge on any atom is 0.286 e. The van der Waals surface area contributed by atoms with E-state index in [4.69, 9.17) is 4.74 Å². The molecule has 1 heterocycles. The van der Waals surface area contributed by atoms with Crippen LogP contribution in [-0.4, -0.2) is 28.3 Å². The topological polar surface area (TPSA) is 72.5 Å². The minimum Gasteiger partial charge on any atom is -0.490 e. The zero-order valence-electron chi connectivity index (χ0n) is 13.6. The Morgan fingerprint density at radius 3 is 2.42 bits per heavy atom. The number of ether oxygens (including phenoxy) is 1. The number of hydrogen-bond donors (Lipinski definition) is 1. The van der Waals surface area contributed by atoms with Crippen molar-refractivity contribution in [1.82, 2.24) is 5.32 Å². The molecule has 1 saturated heterocycles. The molecule has 1 aliphatic heterocycles. The van der Waals surface area contributed by atoms with E-state index in [1.807, 2.05) is 24.3 Å². The van der Waals surface area contributed by atoms with Crippen LogP contribution in [0.4, 0.5) is 4.79 Å². The van der Waals surface area contributed by atoms with Gasteiger partial charge in [0.25, 0.3) is 5.24 Å². The molecule has 1 saturated carbocycles. The highest BCUT2D eigenvalue weighted by Crippen LogP contribution is 2.28. The number of benzene rings is 1. The number of hydrogen-bond acceptors (Lipinski definition) is 5. The maximum absolute atomic E-state index is 11.6. The summed E-state index contributed by atoms with van der Waals surface area (Å²) < 4.78 is 6.00. The molecule has 24 heavy (non-hydrogen) atoms. The Labute approximate surface area is 145 Å². The van der Waals surface area contributed by atoms with Gasteiger partial charge in [0.05, 0.1) is 11.4 Å². The molecule has 1 aromatic rings. The van der Waals surface area contributed by atoms with Gasteiger partial charge in [-0.15, -0.1) is 0 Å². The van der Waals surface area contributed by atoms with Crippen LogP contribution in [-0.2, 0) is 16.0 Å². The van der Waals surface area contributed by atoms with Gasteiger partial charge in [-0.3, -0.25) is 19.7 Å². The van der Waals surface area contributed by atoms with Crippen LogP contribution in [0.1, 0.15) is 38.2 Å². The van der Waals surface area contributed by atoms with Gasteiger partial charge in [-0.25, -0.2) is 0 Å². The molecule has 6 heteroatoms. The van der Waals surface area contributed by atoms with Gasteiger partial charge in [0, 0.05) is 12.8 Å². The fourth-order valence-electron chi connectivity index (χ4n) is 3.19. The minimum atomic E-state index is -0.344. The van der Waals surface area contributed by atoms with E-state index in [2.05, 4.69) is 12.2 Å². The molecular formula is C18H21NO4S. The molecule has 0 spiro atoms. The van der Waals surface area contributed by atoms with Crippen molar-refractivity contribution >= 4 is 28.7 Å². The number of imide groups is 1. The first-order chi connectivity index (χ1) is 11.5. The zero-order chi connectivity index (χ0) is 17.1. The Balaban J connectivity index is 1.53. The normalized spacial score (nSPS) is 23.2. The number of nitrogens with one attached hydrogen (secondary N) is 1. The van der Waals surface area contributed by atoms with Crippen LogP contribution in [0.25, 0.3) is 0 Å². The molecule has 1 aliphatic carbocycles. The molecule has 2 aliphatic rings. The summed E-state index contributed by atoms with van der Waals surface area (Å²) in [6.45, 7) is 2.06. The number of rotatable bonds is 5. The highest BCUT2D eigenvalue weighted by Gasteiger charge is 2.31. The zero-order valence-corrected chi connectivity index (χ0v) is 14.4. The summed E-state index contributed by atoms with van der Waals surface area (Å²) in [5, 5.41) is 1.68. The summed E-state index contributed by atoms with van der Waals surface area (Å²) in [6, 6.07) is 7.67. The van der Waals surface area contributed by atoms with Gasteiger partial charge in [0.2, 0.25) is 5.91 Å². The molecule has 1 N–H and O–H groups in total. The molecule has 0 aromatic heterocycles. The quantitative estimate of drug-likeness (QED) is 0.886. The third-order valence-corrected chi connectivity index (χ3v) is 5.67. The molecule has 2 amide bonds. The van der Waals surface area contributed by atoms with Gasteiger partial charge in [0.1, 0.15) is 11.5 Å². The summed E-state index contributed by atoms with van der Waals surface area (Å²) in [5.74, 6) is 1.36. The summed E-state index contributed by atoms with van der Waals surface area (Å²) in [7, 11) is 0. The molecule has 128 valence electrons. The minimum absolute atomic E-state index is 0.0812. The van der Waals surface area contributed by atoms with Crippen LogP contribution in [0.5, 0.6) is 5.75 Å². The van der Waals surface area contributed by atoms with E-state index < -0.39 is 0 Å². The van der Waals surface area contributed by atoms with Gasteiger partial charge in [-0.05, 0) is 49.8 Å². The first-order valence-electron chi connectivity index (χ1n) is 8.30. The van der Waals surface area contributed by atoms with Crippen molar-refractivity contribution in [3.63, 3.8) is 0 Å². The van der Waals surface area contributed by atoms with Crippen molar-refractivity contribution in [3.05, 3.63) is 29.8 Å². The first kappa shape index (κ1) is 17.0. The van der Waals surface area contributed by atoms with Crippen LogP contribution < -0.4 is 10.1 Å². The van der Waals surface area contributed by atoms with Gasteiger partial charge >= 0.3 is 0 Å². The molecule has 2 atom stereocenters. The second-order valence-electron chi connectivity index (χ2n) is 6.43. The first-order valence-corrected chi connectivity index (χ1v) is 9.18. The van der Waals surface area contributed by atoms with E-state index in [0.29, 0.717) is 31.0 Å². The number of carbonyl (C=O) groups is 3. The lowest BCUT2D eigenvalue weighted by Gasteiger charge is -2.27. The molecule has 1 aromatic carbocycles. The summed E-state index contributed by atoms with van der Waals surface area (Å²) >= 11 is 1.04. The number of Topliss-reactive ketones (excluding diaryl/α,β-unsaturated/α-hetero) is 1. The molecule has 2 fully saturated rings. The average molecular weight is 347 g/mol. The lowest BCUT2D eigenvalue weighted by atomic mass is 9.85. The Morgan fingerprint density at radius 2 is 1.83 bits per heavy atom. The van der Waals surface area contributed by atoms with Gasteiger partial charge < -0.3 is 4.74 Å². The van der Waals surface area contributed by atoms with E-state index in [9.17, 15) is 14.4 Å². The fraction of sp³-hybridized carbons (Fsp3) is 0.500. The number of ketones is 1. The Morgan fingerprint density at radius 1 is 1.17 bits per heavy atom. The van der Waals surface area contributed by atoms with Crippen LogP contribution in [0.2, 0.25) is 0 Å². The van der Waals surface area contributed by atoms with Crippen LogP contribution >= 0.6 is 11.8 Å². The van der Waals surface area contributed by atoms with Gasteiger partial charge in [-0.1, -0.05) is 23.9 Å². The monoisotopic (exact) mass is 347 g/mol. The van der Waals surface area contributed by atoms with Crippen molar-refractivity contribution in [2.45, 2.75) is 50.4 Å². The van der Waals surface area contributed by atoms with Crippen LogP contribution in [0, 0.1) is 5.92 Å². The second-order valence-corrected chi connectivity index (χ2v) is 7.61. The Hall–Kier alpha value is -1.82. The predicted octanol–water partition coefficient (Wildman–Crippen LogP) is 3.11. The Bertz CT molecular complexity index is 633. The molecule has 0 radical (unpaired) electrons. The largest absolute Gasteiger partial charge is 0.490 e. The van der Waals surface area contributed by atoms with Gasteiger partial charge in [-0.2, -0.15) is 0 Å². The van der Waals surface area contributed by atoms with Crippen molar-refractivity contribution in [2.75, 3.05) is 0 Å². The molecule has 2 unspecified atom stereocenters. The number of thioether (sulfide) groups is 1. The number of amides is 2. The molecule has 5 nitrogen and oxygen atoms in total. The van der Waals surface area contributed by atoms with E-state index >= 15 is 0 Å². The maximum atomic E-state index is 11.6. The third kappa shape index (κ3) is 4.17. The fourth-order valence-corrected chi connectivity index (χ4v) is 4.05. The van der Waals surface area contributed by atoms with Crippen LogP contribution in [0.15, 0.2) is 24.3 Å². The Kier molecular flexibility index (Phi) is 5.23. The van der Waals surface area contributed by atoms with E-state index in [1.54, 1.807) is 0 Å². The number of carbonyl (C=O) groups excluding carboxylic acids is 3. The summed E-state index contributed by atoms with van der Waals surface area (Å²) in [4.78, 5) is 34.1. The summed E-state index contributed by atoms with van der Waals surface area (Å²) in [6.07, 6.45) is 3.75. The van der Waals surface area contributed by atoms with Crippen molar-refractivity contribution in [3.8, 4) is 5.75 Å². The van der Waals surface area contributed by atoms with Gasteiger partial charge in [0.15, 0.2) is 0 Å². The molecule has 3 rings (SSSR count). The van der Waals surface area contributed by atoms with Crippen molar-refractivity contribution in [2.24, 2.45) is 5.92 Å². The standard InChI is InChI=1S/C18H21NO4S/c1-11(13-4-6-14(20)7-5-13)23-15-8-2-12(3-9-15)10-16-17(21)19-18(22)24-16/h2-3,8-9,11,13,16H,4-7,10H2,1H3,(H,19,21,22). The lowest BCUT2D eigenvalue weighted by Crippen LogP contribution is -2.28. The second kappa shape index (κ2) is 7.38. The van der Waals surface area contributed by atoms with E-state index in [0.717, 1.165) is 35.9 Å². The molecule has 0 bridgehead atoms. The van der Waals surface area contributed by atoms with Crippen LogP contribution in [0.3, 0.4) is 0 Å². The highest BCUT2D eigenvalue weighted by molar-refractivity contribution is 8.15. The summed E-state index contributed by atoms with van der Waals surface area (Å²) in [5.41, 5.74) is 1.00. The molecular weight excluding hydrogens is 326 g/mol. The SMILES string of the molecule is CC(Oc1ccc(CC2SC(=O)NC2=O)cc1)C1CCC(=O)CC1. The third-order valence-electron chi connectivity index (χ3n) is 4.69.